The molecule has 0 bridgehead atoms. The smallest absolute Gasteiger partial charge is 0.239 e. The molecular formula is C14H21N7O. The molecule has 0 fully saturated rings. The largest absolute Gasteiger partial charge is 0.357 e. The van der Waals surface area contributed by atoms with Crippen LogP contribution in [-0.4, -0.2) is 46.1 Å². The number of carbonyl (C=O) groups excluding carboxylic acids is 1. The van der Waals surface area contributed by atoms with Crippen molar-refractivity contribution in [1.29, 1.82) is 0 Å². The second-order valence-corrected chi connectivity index (χ2v) is 4.55. The fourth-order valence-corrected chi connectivity index (χ4v) is 1.91. The molecular weight excluding hydrogens is 282 g/mol. The van der Waals surface area contributed by atoms with E-state index in [9.17, 15) is 4.79 Å². The first-order chi connectivity index (χ1) is 10.7. The third kappa shape index (κ3) is 4.18. The summed E-state index contributed by atoms with van der Waals surface area (Å²) < 4.78 is 1.89. The molecule has 2 rings (SSSR count). The Balaban J connectivity index is 2.01. The van der Waals surface area contributed by atoms with Gasteiger partial charge < -0.3 is 16.0 Å². The summed E-state index contributed by atoms with van der Waals surface area (Å²) >= 11 is 0. The van der Waals surface area contributed by atoms with Crippen LogP contribution in [-0.2, 0) is 11.3 Å². The maximum atomic E-state index is 11.5. The lowest BCUT2D eigenvalue weighted by molar-refractivity contribution is -0.119. The number of rotatable bonds is 6. The van der Waals surface area contributed by atoms with E-state index >= 15 is 0 Å². The lowest BCUT2D eigenvalue weighted by Gasteiger charge is -2.10. The number of nitrogens with one attached hydrogen (secondary N) is 3. The zero-order valence-corrected chi connectivity index (χ0v) is 12.8. The molecule has 0 radical (unpaired) electrons. The molecule has 2 aromatic heterocycles. The van der Waals surface area contributed by atoms with Crippen LogP contribution in [0.1, 0.15) is 19.7 Å². The van der Waals surface area contributed by atoms with E-state index in [2.05, 4.69) is 31.1 Å². The first-order valence-corrected chi connectivity index (χ1v) is 7.32. The van der Waals surface area contributed by atoms with Gasteiger partial charge in [-0.1, -0.05) is 6.07 Å². The first-order valence-electron chi connectivity index (χ1n) is 7.32. The second kappa shape index (κ2) is 7.96. The summed E-state index contributed by atoms with van der Waals surface area (Å²) in [6, 6.07) is 5.72. The number of fused-ring (bicyclic) bond motifs is 1. The lowest BCUT2D eigenvalue weighted by Crippen LogP contribution is -2.43. The molecule has 0 atom stereocenters. The molecule has 0 aliphatic carbocycles. The monoisotopic (exact) mass is 303 g/mol. The van der Waals surface area contributed by atoms with Crippen LogP contribution in [0, 0.1) is 0 Å². The Bertz CT molecular complexity index is 649. The number of aliphatic imine (C=N–C) groups is 1. The topological polar surface area (TPSA) is 95.7 Å². The van der Waals surface area contributed by atoms with Crippen molar-refractivity contribution in [3.8, 4) is 0 Å². The number of hydrogen-bond donors (Lipinski definition) is 3. The number of likely N-dealkylation sites (N-methyl/N-ethyl adjacent to an activating group) is 1. The third-order valence-corrected chi connectivity index (χ3v) is 2.90. The summed E-state index contributed by atoms with van der Waals surface area (Å²) in [5, 5.41) is 17.0. The standard InChI is InChI=1S/C14H21N7O/c1-3-15-13(22)10-18-14(16-4-2)17-9-12-20-19-11-7-5-6-8-21(11)12/h5-8H,3-4,9-10H2,1-2H3,(H,15,22)(H2,16,17,18). The number of guanidine groups is 1. The molecule has 0 aliphatic rings. The minimum absolute atomic E-state index is 0.0685. The van der Waals surface area contributed by atoms with E-state index in [-0.39, 0.29) is 12.5 Å². The molecule has 118 valence electrons. The predicted molar refractivity (Wildman–Crippen MR) is 84.5 cm³/mol. The molecule has 0 saturated carbocycles. The van der Waals surface area contributed by atoms with Gasteiger partial charge in [0.1, 0.15) is 6.54 Å². The third-order valence-electron chi connectivity index (χ3n) is 2.90. The van der Waals surface area contributed by atoms with Crippen molar-refractivity contribution >= 4 is 17.5 Å². The SMILES string of the molecule is CCNC(=O)CNC(=NCc1nnc2ccccn12)NCC. The van der Waals surface area contributed by atoms with Gasteiger partial charge in [0.05, 0.1) is 6.54 Å². The second-order valence-electron chi connectivity index (χ2n) is 4.55. The van der Waals surface area contributed by atoms with Gasteiger partial charge in [0, 0.05) is 19.3 Å². The molecule has 3 N–H and O–H groups in total. The summed E-state index contributed by atoms with van der Waals surface area (Å²) in [5.41, 5.74) is 0.785. The molecule has 8 nitrogen and oxygen atoms in total. The van der Waals surface area contributed by atoms with Gasteiger partial charge in [-0.2, -0.15) is 0 Å². The highest BCUT2D eigenvalue weighted by Crippen LogP contribution is 2.03. The van der Waals surface area contributed by atoms with Crippen molar-refractivity contribution in [2.24, 2.45) is 4.99 Å². The van der Waals surface area contributed by atoms with E-state index in [0.29, 0.717) is 25.6 Å². The Kier molecular flexibility index (Phi) is 5.70. The summed E-state index contributed by atoms with van der Waals surface area (Å²) in [4.78, 5) is 15.9. The highest BCUT2D eigenvalue weighted by atomic mass is 16.1. The molecule has 0 spiro atoms. The van der Waals surface area contributed by atoms with Gasteiger partial charge in [-0.3, -0.25) is 9.20 Å². The van der Waals surface area contributed by atoms with Crippen LogP contribution in [0.3, 0.4) is 0 Å². The van der Waals surface area contributed by atoms with Crippen molar-refractivity contribution in [2.45, 2.75) is 20.4 Å². The molecule has 2 heterocycles. The molecule has 1 amide bonds. The van der Waals surface area contributed by atoms with Crippen LogP contribution in [0.25, 0.3) is 5.65 Å². The van der Waals surface area contributed by atoms with E-state index in [1.54, 1.807) is 0 Å². The molecule has 0 aliphatic heterocycles. The number of amides is 1. The quantitative estimate of drug-likeness (QED) is 0.512. The molecule has 8 heteroatoms. The number of nitrogens with zero attached hydrogens (tertiary/aromatic N) is 4. The fourth-order valence-electron chi connectivity index (χ4n) is 1.91. The Morgan fingerprint density at radius 3 is 2.77 bits per heavy atom. The van der Waals surface area contributed by atoms with Gasteiger partial charge in [0.15, 0.2) is 17.4 Å². The Labute approximate surface area is 129 Å². The summed E-state index contributed by atoms with van der Waals surface area (Å²) in [6.45, 7) is 5.72. The van der Waals surface area contributed by atoms with Gasteiger partial charge in [0.25, 0.3) is 0 Å². The number of hydrogen-bond acceptors (Lipinski definition) is 4. The van der Waals surface area contributed by atoms with Gasteiger partial charge in [-0.25, -0.2) is 4.99 Å². The van der Waals surface area contributed by atoms with Crippen molar-refractivity contribution < 1.29 is 4.79 Å². The molecule has 0 unspecified atom stereocenters. The van der Waals surface area contributed by atoms with Gasteiger partial charge >= 0.3 is 0 Å². The summed E-state index contributed by atoms with van der Waals surface area (Å²) in [5.74, 6) is 1.24. The van der Waals surface area contributed by atoms with Crippen molar-refractivity contribution in [3.05, 3.63) is 30.2 Å². The average molecular weight is 303 g/mol. The average Bonchev–Trinajstić information content (AvgIpc) is 2.94. The van der Waals surface area contributed by atoms with Gasteiger partial charge in [0.2, 0.25) is 5.91 Å². The van der Waals surface area contributed by atoms with Crippen LogP contribution in [0.5, 0.6) is 0 Å². The molecule has 0 aromatic carbocycles. The number of aromatic nitrogens is 3. The first kappa shape index (κ1) is 15.7. The van der Waals surface area contributed by atoms with Gasteiger partial charge in [-0.05, 0) is 26.0 Å². The van der Waals surface area contributed by atoms with E-state index in [1.807, 2.05) is 42.6 Å². The minimum atomic E-state index is -0.0685. The zero-order chi connectivity index (χ0) is 15.8. The van der Waals surface area contributed by atoms with Crippen molar-refractivity contribution in [2.75, 3.05) is 19.6 Å². The summed E-state index contributed by atoms with van der Waals surface area (Å²) in [6.07, 6.45) is 1.90. The number of pyridine rings is 1. The maximum Gasteiger partial charge on any atom is 0.239 e. The molecule has 0 saturated heterocycles. The van der Waals surface area contributed by atoms with Crippen LogP contribution < -0.4 is 16.0 Å². The normalized spacial score (nSPS) is 11.5. The van der Waals surface area contributed by atoms with Crippen LogP contribution in [0.15, 0.2) is 29.4 Å². The highest BCUT2D eigenvalue weighted by molar-refractivity contribution is 5.86. The van der Waals surface area contributed by atoms with E-state index < -0.39 is 0 Å². The van der Waals surface area contributed by atoms with E-state index in [0.717, 1.165) is 11.5 Å². The van der Waals surface area contributed by atoms with E-state index in [4.69, 9.17) is 0 Å². The Morgan fingerprint density at radius 1 is 1.18 bits per heavy atom. The van der Waals surface area contributed by atoms with Gasteiger partial charge in [-0.15, -0.1) is 10.2 Å². The fraction of sp³-hybridized carbons (Fsp3) is 0.429. The number of carbonyl (C=O) groups is 1. The maximum absolute atomic E-state index is 11.5. The van der Waals surface area contributed by atoms with Crippen LogP contribution in [0.4, 0.5) is 0 Å². The Morgan fingerprint density at radius 2 is 2.00 bits per heavy atom. The van der Waals surface area contributed by atoms with Crippen molar-refractivity contribution in [3.63, 3.8) is 0 Å². The Hall–Kier alpha value is -2.64. The molecule has 22 heavy (non-hydrogen) atoms. The predicted octanol–water partition coefficient (Wildman–Crippen LogP) is -0.0795. The molecule has 2 aromatic rings. The zero-order valence-electron chi connectivity index (χ0n) is 12.8. The highest BCUT2D eigenvalue weighted by Gasteiger charge is 2.05. The minimum Gasteiger partial charge on any atom is -0.357 e. The lowest BCUT2D eigenvalue weighted by atomic mass is 10.4. The van der Waals surface area contributed by atoms with Crippen molar-refractivity contribution in [1.82, 2.24) is 30.5 Å². The van der Waals surface area contributed by atoms with E-state index in [1.165, 1.54) is 0 Å². The van der Waals surface area contributed by atoms with Crippen LogP contribution >= 0.6 is 0 Å². The van der Waals surface area contributed by atoms with Crippen LogP contribution in [0.2, 0.25) is 0 Å². The summed E-state index contributed by atoms with van der Waals surface area (Å²) in [7, 11) is 0.